The maximum Gasteiger partial charge on any atom is -0.0166 e. The van der Waals surface area contributed by atoms with Gasteiger partial charge < -0.3 is 0 Å². The first kappa shape index (κ1) is 10.0. The van der Waals surface area contributed by atoms with Crippen LogP contribution in [0.1, 0.15) is 32.1 Å². The molecule has 0 N–H and O–H groups in total. The third-order valence-corrected chi connectivity index (χ3v) is 1.99. The lowest BCUT2D eigenvalue weighted by atomic mass is 10.2. The number of rotatable bonds is 0. The van der Waals surface area contributed by atoms with Gasteiger partial charge in [0.15, 0.2) is 0 Å². The van der Waals surface area contributed by atoms with Crippen molar-refractivity contribution in [2.75, 3.05) is 0 Å². The van der Waals surface area contributed by atoms with Gasteiger partial charge in [-0.05, 0) is 32.1 Å². The van der Waals surface area contributed by atoms with Gasteiger partial charge in [-0.15, -0.1) is 0 Å². The highest BCUT2D eigenvalue weighted by Crippen LogP contribution is 2.00. The molecule has 0 fully saturated rings. The maximum absolute atomic E-state index is 2.28. The fourth-order valence-corrected chi connectivity index (χ4v) is 1.25. The zero-order valence-corrected chi connectivity index (χ0v) is 8.15. The van der Waals surface area contributed by atoms with Crippen LogP contribution in [0.2, 0.25) is 0 Å². The van der Waals surface area contributed by atoms with Crippen molar-refractivity contribution in [1.82, 2.24) is 0 Å². The topological polar surface area (TPSA) is 0 Å². The first-order chi connectivity index (χ1) is 6.50. The molecular weight excluding hydrogens is 156 g/mol. The Labute approximate surface area is 81.4 Å². The second-order valence-electron chi connectivity index (χ2n) is 3.19. The molecule has 0 nitrogen and oxygen atoms in total. The summed E-state index contributed by atoms with van der Waals surface area (Å²) in [4.78, 5) is 0. The number of allylic oxidation sites excluding steroid dienone is 8. The van der Waals surface area contributed by atoms with Crippen molar-refractivity contribution in [3.8, 4) is 0 Å². The molecule has 1 rings (SSSR count). The van der Waals surface area contributed by atoms with Gasteiger partial charge in [-0.3, -0.25) is 0 Å². The van der Waals surface area contributed by atoms with E-state index in [2.05, 4.69) is 48.6 Å². The highest BCUT2D eigenvalue weighted by molar-refractivity contribution is 5.05. The molecule has 0 aromatic rings. The van der Waals surface area contributed by atoms with Gasteiger partial charge in [0.05, 0.1) is 0 Å². The van der Waals surface area contributed by atoms with Crippen LogP contribution >= 0.6 is 0 Å². The minimum atomic E-state index is 1.06. The number of hydrogen-bond donors (Lipinski definition) is 0. The van der Waals surface area contributed by atoms with Gasteiger partial charge in [0.25, 0.3) is 0 Å². The Hall–Kier alpha value is -1.04. The Kier molecular flexibility index (Phi) is 5.87. The predicted molar refractivity (Wildman–Crippen MR) is 59.6 cm³/mol. The third kappa shape index (κ3) is 6.15. The summed E-state index contributed by atoms with van der Waals surface area (Å²) in [5.74, 6) is 0. The molecule has 13 heavy (non-hydrogen) atoms. The zero-order valence-electron chi connectivity index (χ0n) is 8.15. The first-order valence-electron chi connectivity index (χ1n) is 5.12. The lowest BCUT2D eigenvalue weighted by Gasteiger charge is -1.87. The molecule has 70 valence electrons. The average molecular weight is 174 g/mol. The highest BCUT2D eigenvalue weighted by Gasteiger charge is 1.79. The van der Waals surface area contributed by atoms with E-state index in [0.717, 1.165) is 12.8 Å². The Morgan fingerprint density at radius 3 is 1.77 bits per heavy atom. The molecule has 0 spiro atoms. The summed E-state index contributed by atoms with van der Waals surface area (Å²) >= 11 is 0. The van der Waals surface area contributed by atoms with E-state index in [1.54, 1.807) is 0 Å². The second-order valence-corrected chi connectivity index (χ2v) is 3.19. The van der Waals surface area contributed by atoms with Gasteiger partial charge in [0.2, 0.25) is 0 Å². The molecule has 0 unspecified atom stereocenters. The monoisotopic (exact) mass is 174 g/mol. The van der Waals surface area contributed by atoms with E-state index in [4.69, 9.17) is 0 Å². The van der Waals surface area contributed by atoms with Crippen molar-refractivity contribution in [3.63, 3.8) is 0 Å². The van der Waals surface area contributed by atoms with Crippen LogP contribution in [0.4, 0.5) is 0 Å². The van der Waals surface area contributed by atoms with E-state index in [0.29, 0.717) is 0 Å². The minimum absolute atomic E-state index is 1.06. The molecule has 0 heterocycles. The van der Waals surface area contributed by atoms with Crippen molar-refractivity contribution in [2.24, 2.45) is 0 Å². The zero-order chi connectivity index (χ0) is 9.19. The SMILES string of the molecule is C1=C/C/C=C/CC/C=C/CC/C=C/1. The van der Waals surface area contributed by atoms with Gasteiger partial charge in [0, 0.05) is 0 Å². The minimum Gasteiger partial charge on any atom is -0.0882 e. The summed E-state index contributed by atoms with van der Waals surface area (Å²) in [6.07, 6.45) is 23.5. The molecule has 0 heteroatoms. The molecule has 1 aliphatic rings. The fourth-order valence-electron chi connectivity index (χ4n) is 1.25. The van der Waals surface area contributed by atoms with Crippen molar-refractivity contribution in [3.05, 3.63) is 48.6 Å². The van der Waals surface area contributed by atoms with E-state index in [9.17, 15) is 0 Å². The largest absolute Gasteiger partial charge is 0.0882 e. The quantitative estimate of drug-likeness (QED) is 0.483. The maximum atomic E-state index is 2.28. The van der Waals surface area contributed by atoms with Gasteiger partial charge in [-0.1, -0.05) is 48.6 Å². The summed E-state index contributed by atoms with van der Waals surface area (Å²) in [6, 6.07) is 0. The summed E-state index contributed by atoms with van der Waals surface area (Å²) in [6.45, 7) is 0. The molecule has 1 aliphatic carbocycles. The summed E-state index contributed by atoms with van der Waals surface area (Å²) in [5.41, 5.74) is 0. The van der Waals surface area contributed by atoms with E-state index in [-0.39, 0.29) is 0 Å². The van der Waals surface area contributed by atoms with Crippen molar-refractivity contribution < 1.29 is 0 Å². The molecule has 0 saturated carbocycles. The van der Waals surface area contributed by atoms with Crippen LogP contribution in [-0.4, -0.2) is 0 Å². The van der Waals surface area contributed by atoms with Crippen LogP contribution in [0, 0.1) is 0 Å². The van der Waals surface area contributed by atoms with Gasteiger partial charge in [-0.2, -0.15) is 0 Å². The predicted octanol–water partition coefficient (Wildman–Crippen LogP) is 4.18. The van der Waals surface area contributed by atoms with Crippen molar-refractivity contribution in [2.45, 2.75) is 32.1 Å². The van der Waals surface area contributed by atoms with Crippen molar-refractivity contribution in [1.29, 1.82) is 0 Å². The molecule has 0 aliphatic heterocycles. The molecule has 0 saturated heterocycles. The second kappa shape index (κ2) is 7.60. The van der Waals surface area contributed by atoms with Crippen molar-refractivity contribution >= 4 is 0 Å². The van der Waals surface area contributed by atoms with E-state index in [1.165, 1.54) is 19.3 Å². The first-order valence-corrected chi connectivity index (χ1v) is 5.12. The highest BCUT2D eigenvalue weighted by atomic mass is 13.9. The molecule has 0 atom stereocenters. The lowest BCUT2D eigenvalue weighted by Crippen LogP contribution is -1.66. The molecule has 0 aromatic heterocycles. The Balaban J connectivity index is 2.38. The normalized spacial score (nSPS) is 28.9. The van der Waals surface area contributed by atoms with Crippen LogP contribution in [-0.2, 0) is 0 Å². The number of hydrogen-bond acceptors (Lipinski definition) is 0. The van der Waals surface area contributed by atoms with Crippen LogP contribution in [0.15, 0.2) is 48.6 Å². The summed E-state index contributed by atoms with van der Waals surface area (Å²) in [7, 11) is 0. The standard InChI is InChI=1S/C13H18/c1-2-4-6-8-10-12-13-11-9-7-5-3-1/h1-4,7,9-10,12H,5-6,8,11,13H2/b3-1+,4-2+,9-7+,12-10+. The smallest absolute Gasteiger partial charge is 0.0166 e. The molecule has 0 radical (unpaired) electrons. The van der Waals surface area contributed by atoms with Crippen LogP contribution in [0.25, 0.3) is 0 Å². The molecule has 0 aromatic carbocycles. The van der Waals surface area contributed by atoms with Gasteiger partial charge in [-0.25, -0.2) is 0 Å². The Bertz CT molecular complexity index is 216. The Morgan fingerprint density at radius 2 is 1.00 bits per heavy atom. The van der Waals surface area contributed by atoms with Crippen LogP contribution < -0.4 is 0 Å². The molecular formula is C13H18. The van der Waals surface area contributed by atoms with E-state index >= 15 is 0 Å². The summed E-state index contributed by atoms with van der Waals surface area (Å²) in [5, 5.41) is 0. The van der Waals surface area contributed by atoms with E-state index in [1.807, 2.05) is 0 Å². The third-order valence-electron chi connectivity index (χ3n) is 1.99. The van der Waals surface area contributed by atoms with Gasteiger partial charge >= 0.3 is 0 Å². The molecule has 0 amide bonds. The fraction of sp³-hybridized carbons (Fsp3) is 0.385. The molecule has 0 bridgehead atoms. The average Bonchev–Trinajstić information content (AvgIpc) is 2.18. The Morgan fingerprint density at radius 1 is 0.462 bits per heavy atom. The summed E-state index contributed by atoms with van der Waals surface area (Å²) < 4.78 is 0. The van der Waals surface area contributed by atoms with Crippen LogP contribution in [0.5, 0.6) is 0 Å². The lowest BCUT2D eigenvalue weighted by molar-refractivity contribution is 1.00. The van der Waals surface area contributed by atoms with Crippen LogP contribution in [0.3, 0.4) is 0 Å². The van der Waals surface area contributed by atoms with Gasteiger partial charge in [0.1, 0.15) is 0 Å². The van der Waals surface area contributed by atoms with E-state index < -0.39 is 0 Å².